The first-order valence-corrected chi connectivity index (χ1v) is 6.01. The highest BCUT2D eigenvalue weighted by Gasteiger charge is 2.05. The van der Waals surface area contributed by atoms with Crippen molar-refractivity contribution < 1.29 is 4.74 Å². The number of nitrogens with zero attached hydrogens (tertiary/aromatic N) is 1. The van der Waals surface area contributed by atoms with Crippen LogP contribution in [0.5, 0.6) is 5.88 Å². The van der Waals surface area contributed by atoms with Gasteiger partial charge in [0.15, 0.2) is 5.82 Å². The van der Waals surface area contributed by atoms with E-state index in [0.717, 1.165) is 11.3 Å². The first-order valence-electron chi connectivity index (χ1n) is 6.01. The standard InChI is InChI=1S/C14H18N4O/c1-9-3-4-11(7-10(9)8-15)17-14-12(16)5-6-13(18-14)19-2/h3-7H,8,15-16H2,1-2H3,(H,17,18). The van der Waals surface area contributed by atoms with Gasteiger partial charge in [0.2, 0.25) is 5.88 Å². The Labute approximate surface area is 112 Å². The van der Waals surface area contributed by atoms with Crippen LogP contribution >= 0.6 is 0 Å². The highest BCUT2D eigenvalue weighted by atomic mass is 16.5. The minimum atomic E-state index is 0.502. The molecule has 1 aromatic heterocycles. The molecule has 19 heavy (non-hydrogen) atoms. The van der Waals surface area contributed by atoms with Crippen LogP contribution in [0.1, 0.15) is 11.1 Å². The van der Waals surface area contributed by atoms with E-state index in [9.17, 15) is 0 Å². The summed E-state index contributed by atoms with van der Waals surface area (Å²) in [6, 6.07) is 9.46. The number of rotatable bonds is 4. The lowest BCUT2D eigenvalue weighted by Gasteiger charge is -2.11. The maximum absolute atomic E-state index is 5.89. The largest absolute Gasteiger partial charge is 0.481 e. The summed E-state index contributed by atoms with van der Waals surface area (Å²) in [6.07, 6.45) is 0. The molecule has 0 aliphatic carbocycles. The van der Waals surface area contributed by atoms with Crippen molar-refractivity contribution in [1.82, 2.24) is 4.98 Å². The zero-order chi connectivity index (χ0) is 13.8. The Bertz CT molecular complexity index is 584. The molecule has 0 bridgehead atoms. The molecule has 1 heterocycles. The fraction of sp³-hybridized carbons (Fsp3) is 0.214. The fourth-order valence-electron chi connectivity index (χ4n) is 1.77. The number of nitrogens with two attached hydrogens (primary N) is 2. The van der Waals surface area contributed by atoms with Crippen LogP contribution in [0.25, 0.3) is 0 Å². The SMILES string of the molecule is COc1ccc(N)c(Nc2ccc(C)c(CN)c2)n1. The Morgan fingerprint density at radius 1 is 1.26 bits per heavy atom. The maximum atomic E-state index is 5.89. The van der Waals surface area contributed by atoms with Crippen molar-refractivity contribution in [3.8, 4) is 5.88 Å². The third kappa shape index (κ3) is 2.95. The smallest absolute Gasteiger partial charge is 0.215 e. The van der Waals surface area contributed by atoms with Crippen molar-refractivity contribution >= 4 is 17.2 Å². The van der Waals surface area contributed by atoms with Crippen molar-refractivity contribution in [2.24, 2.45) is 5.73 Å². The van der Waals surface area contributed by atoms with E-state index < -0.39 is 0 Å². The normalized spacial score (nSPS) is 10.3. The van der Waals surface area contributed by atoms with Crippen molar-refractivity contribution in [3.05, 3.63) is 41.5 Å². The van der Waals surface area contributed by atoms with E-state index in [2.05, 4.69) is 10.3 Å². The van der Waals surface area contributed by atoms with Crippen molar-refractivity contribution in [2.75, 3.05) is 18.2 Å². The Morgan fingerprint density at radius 3 is 2.74 bits per heavy atom. The molecule has 0 aliphatic heterocycles. The molecule has 0 saturated carbocycles. The zero-order valence-corrected chi connectivity index (χ0v) is 11.1. The predicted molar refractivity (Wildman–Crippen MR) is 77.6 cm³/mol. The molecule has 100 valence electrons. The average molecular weight is 258 g/mol. The molecule has 0 saturated heterocycles. The van der Waals surface area contributed by atoms with Gasteiger partial charge in [0.1, 0.15) is 0 Å². The minimum Gasteiger partial charge on any atom is -0.481 e. The lowest BCUT2D eigenvalue weighted by molar-refractivity contribution is 0.398. The Balaban J connectivity index is 2.30. The van der Waals surface area contributed by atoms with Gasteiger partial charge in [0, 0.05) is 18.3 Å². The second-order valence-corrected chi connectivity index (χ2v) is 4.26. The predicted octanol–water partition coefficient (Wildman–Crippen LogP) is 2.18. The van der Waals surface area contributed by atoms with Gasteiger partial charge in [-0.3, -0.25) is 0 Å². The van der Waals surface area contributed by atoms with Crippen molar-refractivity contribution in [1.29, 1.82) is 0 Å². The second-order valence-electron chi connectivity index (χ2n) is 4.26. The topological polar surface area (TPSA) is 86.2 Å². The van der Waals surface area contributed by atoms with Gasteiger partial charge in [-0.25, -0.2) is 0 Å². The summed E-state index contributed by atoms with van der Waals surface area (Å²) in [4.78, 5) is 4.27. The summed E-state index contributed by atoms with van der Waals surface area (Å²) < 4.78 is 5.08. The highest BCUT2D eigenvalue weighted by molar-refractivity contribution is 5.69. The van der Waals surface area contributed by atoms with E-state index >= 15 is 0 Å². The number of nitrogens with one attached hydrogen (secondary N) is 1. The Kier molecular flexibility index (Phi) is 3.87. The van der Waals surface area contributed by atoms with Crippen molar-refractivity contribution in [2.45, 2.75) is 13.5 Å². The number of nitrogen functional groups attached to an aromatic ring is 1. The van der Waals surface area contributed by atoms with Gasteiger partial charge < -0.3 is 21.5 Å². The number of benzene rings is 1. The lowest BCUT2D eigenvalue weighted by atomic mass is 10.1. The van der Waals surface area contributed by atoms with E-state index in [1.807, 2.05) is 25.1 Å². The molecular weight excluding hydrogens is 240 g/mol. The quantitative estimate of drug-likeness (QED) is 0.782. The molecule has 0 unspecified atom stereocenters. The van der Waals surface area contributed by atoms with Crippen molar-refractivity contribution in [3.63, 3.8) is 0 Å². The first-order chi connectivity index (χ1) is 9.13. The van der Waals surface area contributed by atoms with Crippen LogP contribution < -0.4 is 21.5 Å². The third-order valence-electron chi connectivity index (χ3n) is 2.94. The second kappa shape index (κ2) is 5.58. The van der Waals surface area contributed by atoms with Crippen LogP contribution in [-0.4, -0.2) is 12.1 Å². The molecule has 5 nitrogen and oxygen atoms in total. The van der Waals surface area contributed by atoms with Gasteiger partial charge in [0.25, 0.3) is 0 Å². The lowest BCUT2D eigenvalue weighted by Crippen LogP contribution is -2.03. The van der Waals surface area contributed by atoms with E-state index in [-0.39, 0.29) is 0 Å². The fourth-order valence-corrected chi connectivity index (χ4v) is 1.77. The molecule has 2 aromatic rings. The summed E-state index contributed by atoms with van der Waals surface area (Å²) in [7, 11) is 1.57. The van der Waals surface area contributed by atoms with E-state index in [0.29, 0.717) is 23.9 Å². The monoisotopic (exact) mass is 258 g/mol. The molecule has 0 aliphatic rings. The van der Waals surface area contributed by atoms with Crippen LogP contribution in [0.15, 0.2) is 30.3 Å². The summed E-state index contributed by atoms with van der Waals surface area (Å²) in [5, 5.41) is 3.18. The van der Waals surface area contributed by atoms with Crippen LogP contribution in [-0.2, 0) is 6.54 Å². The van der Waals surface area contributed by atoms with Crippen LogP contribution in [0.4, 0.5) is 17.2 Å². The molecule has 0 fully saturated rings. The van der Waals surface area contributed by atoms with Crippen LogP contribution in [0.2, 0.25) is 0 Å². The van der Waals surface area contributed by atoms with E-state index in [1.54, 1.807) is 19.2 Å². The summed E-state index contributed by atoms with van der Waals surface area (Å²) in [6.45, 7) is 2.53. The van der Waals surface area contributed by atoms with Gasteiger partial charge in [-0.1, -0.05) is 6.07 Å². The maximum Gasteiger partial charge on any atom is 0.215 e. The molecule has 5 N–H and O–H groups in total. The van der Waals surface area contributed by atoms with Gasteiger partial charge in [-0.15, -0.1) is 0 Å². The number of methoxy groups -OCH3 is 1. The summed E-state index contributed by atoms with van der Waals surface area (Å²) in [5.41, 5.74) is 15.3. The molecule has 0 radical (unpaired) electrons. The molecule has 1 aromatic carbocycles. The summed E-state index contributed by atoms with van der Waals surface area (Å²) in [5.74, 6) is 1.09. The van der Waals surface area contributed by atoms with E-state index in [4.69, 9.17) is 16.2 Å². The van der Waals surface area contributed by atoms with E-state index in [1.165, 1.54) is 5.56 Å². The molecular formula is C14H18N4O. The van der Waals surface area contributed by atoms with Gasteiger partial charge in [-0.05, 0) is 36.2 Å². The Morgan fingerprint density at radius 2 is 2.05 bits per heavy atom. The molecule has 0 amide bonds. The number of aryl methyl sites for hydroxylation is 1. The Hall–Kier alpha value is -2.27. The molecule has 0 spiro atoms. The third-order valence-corrected chi connectivity index (χ3v) is 2.94. The van der Waals surface area contributed by atoms with Crippen LogP contribution in [0, 0.1) is 6.92 Å². The zero-order valence-electron chi connectivity index (χ0n) is 11.1. The van der Waals surface area contributed by atoms with Gasteiger partial charge >= 0.3 is 0 Å². The number of anilines is 3. The number of pyridine rings is 1. The minimum absolute atomic E-state index is 0.502. The van der Waals surface area contributed by atoms with Crippen LogP contribution in [0.3, 0.4) is 0 Å². The summed E-state index contributed by atoms with van der Waals surface area (Å²) >= 11 is 0. The van der Waals surface area contributed by atoms with Gasteiger partial charge in [0.05, 0.1) is 12.8 Å². The highest BCUT2D eigenvalue weighted by Crippen LogP contribution is 2.24. The van der Waals surface area contributed by atoms with Gasteiger partial charge in [-0.2, -0.15) is 4.98 Å². The molecule has 0 atom stereocenters. The number of ether oxygens (including phenoxy) is 1. The average Bonchev–Trinajstić information content (AvgIpc) is 2.43. The number of hydrogen-bond acceptors (Lipinski definition) is 5. The number of hydrogen-bond donors (Lipinski definition) is 3. The first kappa shape index (κ1) is 13.2. The molecule has 2 rings (SSSR count). The number of aromatic nitrogens is 1. The molecule has 5 heteroatoms.